The van der Waals surface area contributed by atoms with Gasteiger partial charge in [-0.1, -0.05) is 13.5 Å². The van der Waals surface area contributed by atoms with Gasteiger partial charge in [-0.3, -0.25) is 0 Å². The van der Waals surface area contributed by atoms with E-state index in [0.29, 0.717) is 12.2 Å². The van der Waals surface area contributed by atoms with Crippen LogP contribution in [0.15, 0.2) is 12.3 Å². The minimum absolute atomic E-state index is 0.149. The molecule has 1 unspecified atom stereocenters. The molecule has 0 spiro atoms. The first-order valence-electron chi connectivity index (χ1n) is 3.21. The predicted octanol–water partition coefficient (Wildman–Crippen LogP) is 0.891. The second-order valence-corrected chi connectivity index (χ2v) is 1.94. The van der Waals surface area contributed by atoms with Crippen LogP contribution in [0, 0.1) is 0 Å². The fraction of sp³-hybridized carbons (Fsp3) is 0.714. The standard InChI is InChI=1S/C7H14O3/c1-4-7(8)6(2)10-5-9-3/h7-8H,2,4-5H2,1,3H3. The molecule has 3 nitrogen and oxygen atoms in total. The van der Waals surface area contributed by atoms with Crippen molar-refractivity contribution in [2.24, 2.45) is 0 Å². The van der Waals surface area contributed by atoms with E-state index in [2.05, 4.69) is 11.3 Å². The van der Waals surface area contributed by atoms with E-state index in [0.717, 1.165) is 0 Å². The molecule has 0 rings (SSSR count). The molecule has 0 fully saturated rings. The summed E-state index contributed by atoms with van der Waals surface area (Å²) < 4.78 is 9.49. The molecule has 3 heteroatoms. The summed E-state index contributed by atoms with van der Waals surface area (Å²) in [6.45, 7) is 5.51. The van der Waals surface area contributed by atoms with E-state index in [1.807, 2.05) is 6.92 Å². The third-order valence-electron chi connectivity index (χ3n) is 1.12. The van der Waals surface area contributed by atoms with Crippen molar-refractivity contribution in [1.29, 1.82) is 0 Å². The number of ether oxygens (including phenoxy) is 2. The van der Waals surface area contributed by atoms with Gasteiger partial charge in [0.1, 0.15) is 11.9 Å². The molecule has 1 atom stereocenters. The number of hydrogen-bond donors (Lipinski definition) is 1. The Morgan fingerprint density at radius 1 is 1.70 bits per heavy atom. The maximum absolute atomic E-state index is 9.07. The van der Waals surface area contributed by atoms with Gasteiger partial charge in [-0.25, -0.2) is 0 Å². The highest BCUT2D eigenvalue weighted by Gasteiger charge is 2.05. The number of methoxy groups -OCH3 is 1. The minimum Gasteiger partial charge on any atom is -0.470 e. The molecule has 0 aliphatic heterocycles. The van der Waals surface area contributed by atoms with Crippen molar-refractivity contribution >= 4 is 0 Å². The second-order valence-electron chi connectivity index (χ2n) is 1.94. The van der Waals surface area contributed by atoms with Gasteiger partial charge in [-0.15, -0.1) is 0 Å². The van der Waals surface area contributed by atoms with Crippen molar-refractivity contribution in [3.05, 3.63) is 12.3 Å². The number of rotatable bonds is 5. The third kappa shape index (κ3) is 3.48. The zero-order valence-corrected chi connectivity index (χ0v) is 6.46. The van der Waals surface area contributed by atoms with Crippen molar-refractivity contribution in [2.75, 3.05) is 13.9 Å². The van der Waals surface area contributed by atoms with Gasteiger partial charge in [0.05, 0.1) is 0 Å². The van der Waals surface area contributed by atoms with Gasteiger partial charge in [0.2, 0.25) is 0 Å². The van der Waals surface area contributed by atoms with E-state index in [-0.39, 0.29) is 6.79 Å². The Bertz CT molecular complexity index is 101. The van der Waals surface area contributed by atoms with Crippen molar-refractivity contribution in [2.45, 2.75) is 19.4 Å². The summed E-state index contributed by atoms with van der Waals surface area (Å²) in [5, 5.41) is 9.07. The van der Waals surface area contributed by atoms with Crippen molar-refractivity contribution in [3.8, 4) is 0 Å². The van der Waals surface area contributed by atoms with Gasteiger partial charge in [0.15, 0.2) is 6.79 Å². The Hall–Kier alpha value is -0.540. The largest absolute Gasteiger partial charge is 0.470 e. The van der Waals surface area contributed by atoms with Crippen molar-refractivity contribution in [3.63, 3.8) is 0 Å². The predicted molar refractivity (Wildman–Crippen MR) is 38.4 cm³/mol. The zero-order valence-electron chi connectivity index (χ0n) is 6.46. The molecule has 0 aliphatic rings. The van der Waals surface area contributed by atoms with Crippen LogP contribution >= 0.6 is 0 Å². The van der Waals surface area contributed by atoms with Crippen molar-refractivity contribution in [1.82, 2.24) is 0 Å². The number of aliphatic hydroxyl groups excluding tert-OH is 1. The summed E-state index contributed by atoms with van der Waals surface area (Å²) in [5.74, 6) is 0.365. The van der Waals surface area contributed by atoms with Gasteiger partial charge in [-0.2, -0.15) is 0 Å². The summed E-state index contributed by atoms with van der Waals surface area (Å²) in [6, 6.07) is 0. The summed E-state index contributed by atoms with van der Waals surface area (Å²) >= 11 is 0. The van der Waals surface area contributed by atoms with Crippen LogP contribution in [0.4, 0.5) is 0 Å². The lowest BCUT2D eigenvalue weighted by Gasteiger charge is -2.11. The molecule has 0 aliphatic carbocycles. The van der Waals surface area contributed by atoms with E-state index in [9.17, 15) is 0 Å². The third-order valence-corrected chi connectivity index (χ3v) is 1.12. The molecule has 0 saturated heterocycles. The lowest BCUT2D eigenvalue weighted by molar-refractivity contribution is -0.0186. The number of hydrogen-bond acceptors (Lipinski definition) is 3. The van der Waals surface area contributed by atoms with Crippen LogP contribution in [-0.4, -0.2) is 25.1 Å². The van der Waals surface area contributed by atoms with Crippen molar-refractivity contribution < 1.29 is 14.6 Å². The quantitative estimate of drug-likeness (QED) is 0.462. The molecule has 60 valence electrons. The Morgan fingerprint density at radius 3 is 2.70 bits per heavy atom. The summed E-state index contributed by atoms with van der Waals surface area (Å²) in [6.07, 6.45) is 0.0397. The fourth-order valence-electron chi connectivity index (χ4n) is 0.458. The number of aliphatic hydroxyl groups is 1. The molecular weight excluding hydrogens is 132 g/mol. The van der Waals surface area contributed by atoms with Crippen LogP contribution in [0.3, 0.4) is 0 Å². The van der Waals surface area contributed by atoms with E-state index in [1.165, 1.54) is 7.11 Å². The molecule has 0 radical (unpaired) electrons. The monoisotopic (exact) mass is 146 g/mol. The smallest absolute Gasteiger partial charge is 0.188 e. The Balaban J connectivity index is 3.42. The van der Waals surface area contributed by atoms with E-state index in [1.54, 1.807) is 0 Å². The molecule has 0 aromatic heterocycles. The van der Waals surface area contributed by atoms with Gasteiger partial charge in [0.25, 0.3) is 0 Å². The van der Waals surface area contributed by atoms with Crippen LogP contribution in [0.25, 0.3) is 0 Å². The fourth-order valence-corrected chi connectivity index (χ4v) is 0.458. The maximum Gasteiger partial charge on any atom is 0.188 e. The highest BCUT2D eigenvalue weighted by atomic mass is 16.7. The van der Waals surface area contributed by atoms with Gasteiger partial charge >= 0.3 is 0 Å². The molecule has 1 N–H and O–H groups in total. The van der Waals surface area contributed by atoms with Gasteiger partial charge < -0.3 is 14.6 Å². The average Bonchev–Trinajstić information content (AvgIpc) is 1.98. The summed E-state index contributed by atoms with van der Waals surface area (Å²) in [4.78, 5) is 0. The van der Waals surface area contributed by atoms with Crippen LogP contribution < -0.4 is 0 Å². The van der Waals surface area contributed by atoms with Crippen LogP contribution in [0.2, 0.25) is 0 Å². The molecule has 0 saturated carbocycles. The topological polar surface area (TPSA) is 38.7 Å². The first kappa shape index (κ1) is 9.46. The Labute approximate surface area is 61.3 Å². The zero-order chi connectivity index (χ0) is 7.98. The second kappa shape index (κ2) is 5.26. The summed E-state index contributed by atoms with van der Waals surface area (Å²) in [7, 11) is 1.52. The lowest BCUT2D eigenvalue weighted by Crippen LogP contribution is -2.11. The molecule has 0 heterocycles. The van der Waals surface area contributed by atoms with E-state index >= 15 is 0 Å². The molecule has 10 heavy (non-hydrogen) atoms. The SMILES string of the molecule is C=C(OCOC)C(O)CC. The van der Waals surface area contributed by atoms with Crippen LogP contribution in [0.5, 0.6) is 0 Å². The maximum atomic E-state index is 9.07. The highest BCUT2D eigenvalue weighted by Crippen LogP contribution is 2.04. The molecular formula is C7H14O3. The lowest BCUT2D eigenvalue weighted by atomic mass is 10.2. The molecule has 0 aromatic rings. The van der Waals surface area contributed by atoms with Crippen LogP contribution in [-0.2, 0) is 9.47 Å². The first-order valence-corrected chi connectivity index (χ1v) is 3.21. The summed E-state index contributed by atoms with van der Waals surface area (Å²) in [5.41, 5.74) is 0. The minimum atomic E-state index is -0.574. The van der Waals surface area contributed by atoms with Gasteiger partial charge in [-0.05, 0) is 6.42 Å². The first-order chi connectivity index (χ1) is 4.72. The Morgan fingerprint density at radius 2 is 2.30 bits per heavy atom. The molecule has 0 bridgehead atoms. The normalized spacial score (nSPS) is 12.7. The average molecular weight is 146 g/mol. The molecule has 0 amide bonds. The van der Waals surface area contributed by atoms with E-state index < -0.39 is 6.10 Å². The molecule has 0 aromatic carbocycles. The van der Waals surface area contributed by atoms with E-state index in [4.69, 9.17) is 9.84 Å². The Kier molecular flexibility index (Phi) is 4.98. The highest BCUT2D eigenvalue weighted by molar-refractivity contribution is 4.90. The van der Waals surface area contributed by atoms with Crippen LogP contribution in [0.1, 0.15) is 13.3 Å². The van der Waals surface area contributed by atoms with Gasteiger partial charge in [0, 0.05) is 7.11 Å².